The third kappa shape index (κ3) is 5.48. The number of fused-ring (bicyclic) bond motifs is 1. The first-order chi connectivity index (χ1) is 17.1. The van der Waals surface area contributed by atoms with Gasteiger partial charge in [0.15, 0.2) is 24.3 Å². The van der Waals surface area contributed by atoms with Crippen LogP contribution >= 0.6 is 12.3 Å². The monoisotopic (exact) mass is 516 g/mol. The fraction of sp³-hybridized carbons (Fsp3) is 0.375. The van der Waals surface area contributed by atoms with Crippen LogP contribution in [0.3, 0.4) is 0 Å². The number of aldehydes is 1. The molecule has 1 aliphatic rings. The first kappa shape index (κ1) is 25.5. The van der Waals surface area contributed by atoms with E-state index in [-0.39, 0.29) is 52.6 Å². The Morgan fingerprint density at radius 1 is 1.31 bits per heavy atom. The molecule has 0 radical (unpaired) electrons. The average molecular weight is 517 g/mol. The summed E-state index contributed by atoms with van der Waals surface area (Å²) in [7, 11) is 0. The van der Waals surface area contributed by atoms with Gasteiger partial charge in [-0.05, 0) is 51.8 Å². The third-order valence-corrected chi connectivity index (χ3v) is 6.13. The van der Waals surface area contributed by atoms with Gasteiger partial charge in [-0.15, -0.1) is 3.89 Å². The summed E-state index contributed by atoms with van der Waals surface area (Å²) in [6, 6.07) is 3.98. The summed E-state index contributed by atoms with van der Waals surface area (Å²) in [5.74, 6) is -0.470. The molecule has 0 bridgehead atoms. The van der Waals surface area contributed by atoms with Crippen LogP contribution in [0.4, 0.5) is 18.8 Å². The van der Waals surface area contributed by atoms with Gasteiger partial charge in [-0.2, -0.15) is 0 Å². The van der Waals surface area contributed by atoms with Crippen molar-refractivity contribution in [1.82, 2.24) is 18.8 Å². The van der Waals surface area contributed by atoms with Crippen LogP contribution in [0.2, 0.25) is 0 Å². The lowest BCUT2D eigenvalue weighted by Gasteiger charge is -2.34. The Morgan fingerprint density at radius 2 is 2.03 bits per heavy atom. The predicted octanol–water partition coefficient (Wildman–Crippen LogP) is 4.99. The quantitative estimate of drug-likeness (QED) is 0.350. The van der Waals surface area contributed by atoms with Gasteiger partial charge >= 0.3 is 6.09 Å². The molecule has 0 atom stereocenters. The van der Waals surface area contributed by atoms with Gasteiger partial charge in [0.25, 0.3) is 0 Å². The molecule has 0 spiro atoms. The van der Waals surface area contributed by atoms with Crippen molar-refractivity contribution in [2.45, 2.75) is 45.3 Å². The van der Waals surface area contributed by atoms with E-state index in [1.54, 1.807) is 4.90 Å². The molecule has 1 fully saturated rings. The zero-order valence-corrected chi connectivity index (χ0v) is 20.9. The number of amides is 1. The zero-order chi connectivity index (χ0) is 26.0. The summed E-state index contributed by atoms with van der Waals surface area (Å²) < 4.78 is 33.8. The maximum Gasteiger partial charge on any atom is 0.410 e. The predicted molar refractivity (Wildman–Crippen MR) is 134 cm³/mol. The maximum atomic E-state index is 14.2. The number of carbonyl (C=O) groups is 2. The number of likely N-dealkylation sites (tertiary alicyclic amines) is 1. The third-order valence-electron chi connectivity index (χ3n) is 5.71. The van der Waals surface area contributed by atoms with Crippen LogP contribution < -0.4 is 5.32 Å². The molecule has 2 N–H and O–H groups in total. The van der Waals surface area contributed by atoms with E-state index < -0.39 is 11.4 Å². The van der Waals surface area contributed by atoms with Gasteiger partial charge in [0.05, 0.1) is 17.5 Å². The lowest BCUT2D eigenvalue weighted by Crippen LogP contribution is -2.44. The number of piperidine rings is 1. The maximum absolute atomic E-state index is 14.2. The first-order valence-electron chi connectivity index (χ1n) is 11.4. The minimum Gasteiger partial charge on any atom is -0.444 e. The largest absolute Gasteiger partial charge is 0.444 e. The number of aromatic nitrogens is 3. The number of nitrogens with zero attached hydrogens (tertiary/aromatic N) is 4. The van der Waals surface area contributed by atoms with Crippen molar-refractivity contribution in [2.24, 2.45) is 0 Å². The van der Waals surface area contributed by atoms with Crippen molar-refractivity contribution in [2.75, 3.05) is 18.4 Å². The second-order valence-corrected chi connectivity index (χ2v) is 10.0. The molecule has 1 amide bonds. The van der Waals surface area contributed by atoms with Crippen LogP contribution in [-0.4, -0.2) is 61.7 Å². The molecule has 190 valence electrons. The Balaban J connectivity index is 1.53. The summed E-state index contributed by atoms with van der Waals surface area (Å²) in [6.45, 7) is 6.41. The van der Waals surface area contributed by atoms with Crippen LogP contribution in [0, 0.1) is 11.2 Å². The van der Waals surface area contributed by atoms with Gasteiger partial charge in [-0.1, -0.05) is 0 Å². The molecule has 1 saturated heterocycles. The minimum atomic E-state index is -0.575. The number of hydrogen-bond acceptors (Lipinski definition) is 8. The average Bonchev–Trinajstić information content (AvgIpc) is 3.20. The summed E-state index contributed by atoms with van der Waals surface area (Å²) in [6.07, 6.45) is 4.02. The molecule has 0 unspecified atom stereocenters. The Hall–Kier alpha value is -3.54. The minimum absolute atomic E-state index is 0.0319. The topological polar surface area (TPSA) is 113 Å². The normalized spacial score (nSPS) is 14.6. The Bertz CT molecular complexity index is 1320. The van der Waals surface area contributed by atoms with Crippen LogP contribution in [-0.2, 0) is 4.74 Å². The van der Waals surface area contributed by atoms with Gasteiger partial charge in [0.2, 0.25) is 0 Å². The number of anilines is 1. The van der Waals surface area contributed by atoms with Crippen molar-refractivity contribution >= 4 is 47.3 Å². The SMILES string of the molecule is CC(C)(C)OC(=O)N1CCC(Nc2cc(F)ccc2C(=N)c2cnc3c(n2)c(C=O)cn3SF)CC1. The molecule has 2 aromatic heterocycles. The lowest BCUT2D eigenvalue weighted by atomic mass is 10.0. The molecule has 3 aromatic rings. The molecule has 0 saturated carbocycles. The number of nitrogens with one attached hydrogen (secondary N) is 2. The van der Waals surface area contributed by atoms with Crippen molar-refractivity contribution < 1.29 is 22.6 Å². The summed E-state index contributed by atoms with van der Waals surface area (Å²) in [4.78, 5) is 33.9. The number of halogens is 2. The fourth-order valence-electron chi connectivity index (χ4n) is 3.99. The second kappa shape index (κ2) is 10.2. The Morgan fingerprint density at radius 3 is 2.67 bits per heavy atom. The molecule has 4 rings (SSSR count). The highest BCUT2D eigenvalue weighted by Gasteiger charge is 2.27. The van der Waals surface area contributed by atoms with E-state index in [4.69, 9.17) is 10.1 Å². The fourth-order valence-corrected chi connectivity index (χ4v) is 4.34. The van der Waals surface area contributed by atoms with E-state index >= 15 is 0 Å². The van der Waals surface area contributed by atoms with Crippen molar-refractivity contribution in [3.05, 3.63) is 53.2 Å². The number of carbonyl (C=O) groups excluding carboxylic acids is 2. The van der Waals surface area contributed by atoms with Crippen LogP contribution in [0.25, 0.3) is 11.2 Å². The van der Waals surface area contributed by atoms with E-state index in [0.717, 1.165) is 3.97 Å². The number of ether oxygens (including phenoxy) is 1. The van der Waals surface area contributed by atoms with Crippen LogP contribution in [0.1, 0.15) is 55.2 Å². The molecule has 1 aromatic carbocycles. The van der Waals surface area contributed by atoms with Gasteiger partial charge in [0.1, 0.15) is 22.6 Å². The van der Waals surface area contributed by atoms with Gasteiger partial charge in [-0.3, -0.25) is 10.2 Å². The molecule has 1 aliphatic heterocycles. The molecule has 9 nitrogen and oxygen atoms in total. The smallest absolute Gasteiger partial charge is 0.410 e. The lowest BCUT2D eigenvalue weighted by molar-refractivity contribution is 0.0210. The molecule has 0 aliphatic carbocycles. The van der Waals surface area contributed by atoms with E-state index in [9.17, 15) is 17.9 Å². The van der Waals surface area contributed by atoms with Gasteiger partial charge in [0, 0.05) is 36.6 Å². The molecule has 12 heteroatoms. The van der Waals surface area contributed by atoms with E-state index in [1.165, 1.54) is 30.6 Å². The molecule has 3 heterocycles. The van der Waals surface area contributed by atoms with Gasteiger partial charge in [-0.25, -0.2) is 23.1 Å². The highest BCUT2D eigenvalue weighted by Crippen LogP contribution is 2.26. The van der Waals surface area contributed by atoms with Gasteiger partial charge < -0.3 is 15.0 Å². The number of hydrogen-bond donors (Lipinski definition) is 2. The standard InChI is InChI=1S/C24H26F2N6O3S/c1-24(2,3)35-23(34)31-8-6-16(7-9-31)29-18-10-15(25)4-5-17(18)20(27)19-11-28-22-21(30-19)14(13-33)12-32(22)36-26/h4-5,10-13,16,27,29H,6-9H2,1-3H3. The molecular weight excluding hydrogens is 490 g/mol. The highest BCUT2D eigenvalue weighted by atomic mass is 32.2. The number of benzene rings is 1. The van der Waals surface area contributed by atoms with E-state index in [2.05, 4.69) is 15.3 Å². The zero-order valence-electron chi connectivity index (χ0n) is 20.0. The summed E-state index contributed by atoms with van der Waals surface area (Å²) in [5.41, 5.74) is 0.827. The van der Waals surface area contributed by atoms with Crippen molar-refractivity contribution in [1.29, 1.82) is 5.41 Å². The molecule has 36 heavy (non-hydrogen) atoms. The number of rotatable bonds is 6. The Labute approximate surface area is 211 Å². The second-order valence-electron chi connectivity index (χ2n) is 9.48. The van der Waals surface area contributed by atoms with E-state index in [1.807, 2.05) is 20.8 Å². The van der Waals surface area contributed by atoms with E-state index in [0.29, 0.717) is 43.5 Å². The van der Waals surface area contributed by atoms with Crippen LogP contribution in [0.15, 0.2) is 30.6 Å². The van der Waals surface area contributed by atoms with Crippen molar-refractivity contribution in [3.63, 3.8) is 0 Å². The van der Waals surface area contributed by atoms with Crippen LogP contribution in [0.5, 0.6) is 0 Å². The molecular formula is C24H26F2N6O3S. The Kier molecular flexibility index (Phi) is 7.25. The highest BCUT2D eigenvalue weighted by molar-refractivity contribution is 7.92. The summed E-state index contributed by atoms with van der Waals surface area (Å²) >= 11 is -0.110. The van der Waals surface area contributed by atoms with Crippen molar-refractivity contribution in [3.8, 4) is 0 Å². The first-order valence-corrected chi connectivity index (χ1v) is 12.0. The summed E-state index contributed by atoms with van der Waals surface area (Å²) in [5, 5.41) is 12.0.